The molecule has 1 saturated heterocycles. The topological polar surface area (TPSA) is 29.5 Å². The summed E-state index contributed by atoms with van der Waals surface area (Å²) in [4.78, 5) is 13.2. The molecule has 1 heterocycles. The van der Waals surface area contributed by atoms with Crippen LogP contribution in [0.15, 0.2) is 12.2 Å². The van der Waals surface area contributed by atoms with E-state index < -0.39 is 0 Å². The zero-order valence-corrected chi connectivity index (χ0v) is 8.32. The molecule has 0 aromatic carbocycles. The fourth-order valence-corrected chi connectivity index (χ4v) is 1.55. The summed E-state index contributed by atoms with van der Waals surface area (Å²) in [5.41, 5.74) is 0. The maximum absolute atomic E-state index is 11.0. The van der Waals surface area contributed by atoms with Crippen LogP contribution in [0.2, 0.25) is 0 Å². The van der Waals surface area contributed by atoms with Crippen molar-refractivity contribution in [1.82, 2.24) is 4.90 Å². The van der Waals surface area contributed by atoms with Gasteiger partial charge in [0.2, 0.25) is 0 Å². The van der Waals surface area contributed by atoms with E-state index in [1.165, 1.54) is 6.08 Å². The third-order valence-electron chi connectivity index (χ3n) is 2.25. The van der Waals surface area contributed by atoms with Gasteiger partial charge in [0.15, 0.2) is 0 Å². The van der Waals surface area contributed by atoms with E-state index in [2.05, 4.69) is 11.9 Å². The van der Waals surface area contributed by atoms with Crippen molar-refractivity contribution in [2.75, 3.05) is 26.7 Å². The number of nitrogens with zero attached hydrogens (tertiary/aromatic N) is 1. The summed E-state index contributed by atoms with van der Waals surface area (Å²) in [7, 11) is 2.09. The Balaban J connectivity index is 2.16. The average Bonchev–Trinajstić information content (AvgIpc) is 2.49. The summed E-state index contributed by atoms with van der Waals surface area (Å²) in [6.07, 6.45) is 4.29. The first-order chi connectivity index (χ1) is 6.22. The van der Waals surface area contributed by atoms with Crippen LogP contribution in [0.25, 0.3) is 0 Å². The van der Waals surface area contributed by atoms with E-state index in [4.69, 9.17) is 4.74 Å². The van der Waals surface area contributed by atoms with Gasteiger partial charge in [-0.1, -0.05) is 6.08 Å². The number of hydrogen-bond acceptors (Lipinski definition) is 3. The van der Waals surface area contributed by atoms with E-state index in [1.54, 1.807) is 6.08 Å². The van der Waals surface area contributed by atoms with Crippen molar-refractivity contribution in [3.8, 4) is 0 Å². The largest absolute Gasteiger partial charge is 0.462 e. The monoisotopic (exact) mass is 183 g/mol. The molecule has 13 heavy (non-hydrogen) atoms. The quantitative estimate of drug-likeness (QED) is 0.484. The Kier molecular flexibility index (Phi) is 3.96. The van der Waals surface area contributed by atoms with Crippen LogP contribution < -0.4 is 0 Å². The number of esters is 1. The number of hydrogen-bond donors (Lipinski definition) is 0. The highest BCUT2D eigenvalue weighted by atomic mass is 16.5. The molecule has 0 spiro atoms. The van der Waals surface area contributed by atoms with Crippen LogP contribution in [0.4, 0.5) is 0 Å². The van der Waals surface area contributed by atoms with Crippen molar-refractivity contribution in [2.24, 2.45) is 5.92 Å². The van der Waals surface area contributed by atoms with E-state index in [-0.39, 0.29) is 5.97 Å². The number of carbonyl (C=O) groups excluding carboxylic acids is 1. The smallest absolute Gasteiger partial charge is 0.330 e. The molecule has 0 bridgehead atoms. The molecule has 0 amide bonds. The van der Waals surface area contributed by atoms with Crippen LogP contribution in [0.5, 0.6) is 0 Å². The van der Waals surface area contributed by atoms with Crippen LogP contribution in [0.1, 0.15) is 13.3 Å². The summed E-state index contributed by atoms with van der Waals surface area (Å²) in [5.74, 6) is 0.302. The molecule has 0 aliphatic carbocycles. The maximum Gasteiger partial charge on any atom is 0.330 e. The molecule has 3 heteroatoms. The molecular weight excluding hydrogens is 166 g/mol. The minimum Gasteiger partial charge on any atom is -0.462 e. The van der Waals surface area contributed by atoms with Crippen molar-refractivity contribution in [3.63, 3.8) is 0 Å². The van der Waals surface area contributed by atoms with Gasteiger partial charge in [0.25, 0.3) is 0 Å². The van der Waals surface area contributed by atoms with Gasteiger partial charge in [-0.3, -0.25) is 0 Å². The van der Waals surface area contributed by atoms with E-state index in [0.717, 1.165) is 19.5 Å². The normalized spacial score (nSPS) is 24.0. The standard InChI is InChI=1S/C10H17NO2/c1-3-4-10(12)13-8-9-5-6-11(2)7-9/h3-4,9H,5-8H2,1-2H3/b4-3+. The number of likely N-dealkylation sites (tertiary alicyclic amines) is 1. The Morgan fingerprint density at radius 2 is 2.46 bits per heavy atom. The van der Waals surface area contributed by atoms with Gasteiger partial charge in [-0.25, -0.2) is 4.79 Å². The van der Waals surface area contributed by atoms with Crippen LogP contribution in [0.3, 0.4) is 0 Å². The lowest BCUT2D eigenvalue weighted by atomic mass is 10.1. The summed E-state index contributed by atoms with van der Waals surface area (Å²) < 4.78 is 5.06. The summed E-state index contributed by atoms with van der Waals surface area (Å²) in [6, 6.07) is 0. The Labute approximate surface area is 79.4 Å². The molecule has 0 saturated carbocycles. The van der Waals surface area contributed by atoms with E-state index in [1.807, 2.05) is 6.92 Å². The minimum absolute atomic E-state index is 0.225. The van der Waals surface area contributed by atoms with Gasteiger partial charge >= 0.3 is 5.97 Å². The molecule has 0 aromatic heterocycles. The fraction of sp³-hybridized carbons (Fsp3) is 0.700. The van der Waals surface area contributed by atoms with Crippen LogP contribution >= 0.6 is 0 Å². The van der Waals surface area contributed by atoms with Crippen LogP contribution in [-0.2, 0) is 9.53 Å². The number of allylic oxidation sites excluding steroid dienone is 1. The highest BCUT2D eigenvalue weighted by Crippen LogP contribution is 2.14. The predicted octanol–water partition coefficient (Wildman–Crippen LogP) is 1.06. The molecule has 3 nitrogen and oxygen atoms in total. The SMILES string of the molecule is C/C=C/C(=O)OCC1CCN(C)C1. The molecule has 74 valence electrons. The minimum atomic E-state index is -0.225. The van der Waals surface area contributed by atoms with Gasteiger partial charge in [-0.2, -0.15) is 0 Å². The Bertz CT molecular complexity index is 201. The second-order valence-corrected chi connectivity index (χ2v) is 3.55. The first kappa shape index (κ1) is 10.3. The van der Waals surface area contributed by atoms with Crippen molar-refractivity contribution in [3.05, 3.63) is 12.2 Å². The molecule has 1 unspecified atom stereocenters. The fourth-order valence-electron chi connectivity index (χ4n) is 1.55. The molecule has 1 atom stereocenters. The third kappa shape index (κ3) is 3.59. The Morgan fingerprint density at radius 3 is 3.00 bits per heavy atom. The van der Waals surface area contributed by atoms with Crippen LogP contribution in [-0.4, -0.2) is 37.6 Å². The zero-order chi connectivity index (χ0) is 9.68. The molecule has 0 aromatic rings. The van der Waals surface area contributed by atoms with E-state index in [9.17, 15) is 4.79 Å². The lowest BCUT2D eigenvalue weighted by molar-refractivity contribution is -0.138. The highest BCUT2D eigenvalue weighted by molar-refractivity contribution is 5.81. The molecule has 1 fully saturated rings. The van der Waals surface area contributed by atoms with E-state index >= 15 is 0 Å². The number of ether oxygens (including phenoxy) is 1. The number of carbonyl (C=O) groups is 1. The first-order valence-corrected chi connectivity index (χ1v) is 4.70. The van der Waals surface area contributed by atoms with Crippen molar-refractivity contribution >= 4 is 5.97 Å². The summed E-state index contributed by atoms with van der Waals surface area (Å²) in [5, 5.41) is 0. The first-order valence-electron chi connectivity index (χ1n) is 4.70. The lowest BCUT2D eigenvalue weighted by Crippen LogP contribution is -2.18. The molecule has 1 aliphatic rings. The average molecular weight is 183 g/mol. The molecule has 1 rings (SSSR count). The van der Waals surface area contributed by atoms with Crippen molar-refractivity contribution in [2.45, 2.75) is 13.3 Å². The van der Waals surface area contributed by atoms with Crippen molar-refractivity contribution < 1.29 is 9.53 Å². The second-order valence-electron chi connectivity index (χ2n) is 3.55. The van der Waals surface area contributed by atoms with Crippen molar-refractivity contribution in [1.29, 1.82) is 0 Å². The Morgan fingerprint density at radius 1 is 1.69 bits per heavy atom. The lowest BCUT2D eigenvalue weighted by Gasteiger charge is -2.09. The zero-order valence-electron chi connectivity index (χ0n) is 8.32. The third-order valence-corrected chi connectivity index (χ3v) is 2.25. The van der Waals surface area contributed by atoms with E-state index in [0.29, 0.717) is 12.5 Å². The molecule has 1 aliphatic heterocycles. The summed E-state index contributed by atoms with van der Waals surface area (Å²) in [6.45, 7) is 4.53. The van der Waals surface area contributed by atoms with Gasteiger partial charge in [0.1, 0.15) is 0 Å². The molecular formula is C10H17NO2. The maximum atomic E-state index is 11.0. The van der Waals surface area contributed by atoms with Gasteiger partial charge in [0, 0.05) is 18.5 Å². The molecule has 0 N–H and O–H groups in total. The van der Waals surface area contributed by atoms with Crippen LogP contribution in [0, 0.1) is 5.92 Å². The van der Waals surface area contributed by atoms with Gasteiger partial charge in [-0.15, -0.1) is 0 Å². The molecule has 0 radical (unpaired) electrons. The van der Waals surface area contributed by atoms with Gasteiger partial charge < -0.3 is 9.64 Å². The Hall–Kier alpha value is -0.830. The second kappa shape index (κ2) is 5.02. The summed E-state index contributed by atoms with van der Waals surface area (Å²) >= 11 is 0. The number of rotatable bonds is 3. The van der Waals surface area contributed by atoms with Gasteiger partial charge in [-0.05, 0) is 26.9 Å². The predicted molar refractivity (Wildman–Crippen MR) is 51.4 cm³/mol. The highest BCUT2D eigenvalue weighted by Gasteiger charge is 2.20. The van der Waals surface area contributed by atoms with Gasteiger partial charge in [0.05, 0.1) is 6.61 Å².